The Balaban J connectivity index is 2.59. The third-order valence-electron chi connectivity index (χ3n) is 4.66. The van der Waals surface area contributed by atoms with Gasteiger partial charge in [-0.05, 0) is 47.7 Å². The van der Waals surface area contributed by atoms with Crippen LogP contribution in [-0.4, -0.2) is 73.2 Å². The maximum atomic E-state index is 12.2. The van der Waals surface area contributed by atoms with Crippen molar-refractivity contribution in [3.05, 3.63) is 0 Å². The van der Waals surface area contributed by atoms with Gasteiger partial charge in [0.2, 0.25) is 0 Å². The van der Waals surface area contributed by atoms with E-state index in [1.165, 1.54) is 0 Å². The number of hydrogen-bond donors (Lipinski definition) is 1. The Labute approximate surface area is 130 Å². The summed E-state index contributed by atoms with van der Waals surface area (Å²) < 4.78 is 5.23. The predicted octanol–water partition coefficient (Wildman–Crippen LogP) is 1.33. The number of nitrogens with one attached hydrogen (secondary N) is 1. The maximum Gasteiger partial charge on any atom is 0.326 e. The van der Waals surface area contributed by atoms with Gasteiger partial charge in [-0.3, -0.25) is 9.69 Å². The van der Waals surface area contributed by atoms with E-state index in [1.807, 2.05) is 20.8 Å². The first-order chi connectivity index (χ1) is 9.84. The summed E-state index contributed by atoms with van der Waals surface area (Å²) in [5.41, 5.74) is -0.583. The highest BCUT2D eigenvalue weighted by Crippen LogP contribution is 2.17. The summed E-state index contributed by atoms with van der Waals surface area (Å²) >= 11 is 0. The monoisotopic (exact) mass is 299 g/mol. The van der Waals surface area contributed by atoms with Gasteiger partial charge in [0.1, 0.15) is 5.54 Å². The van der Waals surface area contributed by atoms with Crippen molar-refractivity contribution < 1.29 is 9.53 Å². The molecule has 0 amide bonds. The van der Waals surface area contributed by atoms with Crippen molar-refractivity contribution >= 4 is 5.97 Å². The number of piperazine rings is 1. The summed E-state index contributed by atoms with van der Waals surface area (Å²) in [6.07, 6.45) is 0.781. The van der Waals surface area contributed by atoms with Gasteiger partial charge < -0.3 is 15.0 Å². The number of esters is 1. The van der Waals surface area contributed by atoms with Crippen LogP contribution in [0.25, 0.3) is 0 Å². The van der Waals surface area contributed by atoms with Crippen molar-refractivity contribution in [2.24, 2.45) is 0 Å². The Morgan fingerprint density at radius 2 is 1.86 bits per heavy atom. The molecule has 0 bridgehead atoms. The molecule has 21 heavy (non-hydrogen) atoms. The van der Waals surface area contributed by atoms with Crippen LogP contribution in [0.2, 0.25) is 0 Å². The molecule has 124 valence electrons. The minimum absolute atomic E-state index is 0.137. The number of carbonyl (C=O) groups excluding carboxylic acids is 1. The lowest BCUT2D eigenvalue weighted by atomic mass is 9.96. The zero-order valence-corrected chi connectivity index (χ0v) is 14.6. The normalized spacial score (nSPS) is 27.3. The molecule has 0 saturated carbocycles. The number of nitrogens with zero attached hydrogens (tertiary/aromatic N) is 2. The topological polar surface area (TPSA) is 44.8 Å². The van der Waals surface area contributed by atoms with Gasteiger partial charge in [-0.15, -0.1) is 0 Å². The van der Waals surface area contributed by atoms with E-state index in [0.717, 1.165) is 32.6 Å². The second-order valence-corrected chi connectivity index (χ2v) is 6.46. The van der Waals surface area contributed by atoms with Crippen LogP contribution in [-0.2, 0) is 9.53 Å². The fourth-order valence-electron chi connectivity index (χ4n) is 3.02. The molecule has 1 aliphatic rings. The van der Waals surface area contributed by atoms with Crippen LogP contribution in [0.4, 0.5) is 0 Å². The van der Waals surface area contributed by atoms with E-state index in [0.29, 0.717) is 18.7 Å². The quantitative estimate of drug-likeness (QED) is 0.719. The maximum absolute atomic E-state index is 12.2. The Morgan fingerprint density at radius 1 is 1.29 bits per heavy atom. The fraction of sp³-hybridized carbons (Fsp3) is 0.938. The van der Waals surface area contributed by atoms with E-state index in [-0.39, 0.29) is 5.97 Å². The van der Waals surface area contributed by atoms with Gasteiger partial charge in [-0.2, -0.15) is 0 Å². The second kappa shape index (κ2) is 8.11. The van der Waals surface area contributed by atoms with Crippen LogP contribution in [0.5, 0.6) is 0 Å². The van der Waals surface area contributed by atoms with Crippen molar-refractivity contribution in [3.63, 3.8) is 0 Å². The molecule has 1 saturated heterocycles. The van der Waals surface area contributed by atoms with Crippen LogP contribution in [0.15, 0.2) is 0 Å². The SMILES string of the molecule is CCNC(C)(CCN1CC(C)N(C)C(C)C1)C(=O)OCC. The molecule has 1 N–H and O–H groups in total. The molecule has 1 aliphatic heterocycles. The van der Waals surface area contributed by atoms with Crippen molar-refractivity contribution in [1.29, 1.82) is 0 Å². The number of carbonyl (C=O) groups is 1. The van der Waals surface area contributed by atoms with Gasteiger partial charge in [0, 0.05) is 31.7 Å². The van der Waals surface area contributed by atoms with Crippen LogP contribution in [0.3, 0.4) is 0 Å². The van der Waals surface area contributed by atoms with E-state index in [2.05, 4.69) is 36.0 Å². The Hall–Kier alpha value is -0.650. The molecule has 0 aromatic carbocycles. The molecular formula is C16H33N3O2. The van der Waals surface area contributed by atoms with Crippen molar-refractivity contribution in [2.75, 3.05) is 39.8 Å². The number of rotatable bonds is 7. The first kappa shape index (κ1) is 18.4. The van der Waals surface area contributed by atoms with Crippen LogP contribution < -0.4 is 5.32 Å². The fourth-order valence-corrected chi connectivity index (χ4v) is 3.02. The molecule has 5 nitrogen and oxygen atoms in total. The summed E-state index contributed by atoms with van der Waals surface area (Å²) in [7, 11) is 2.19. The summed E-state index contributed by atoms with van der Waals surface area (Å²) in [5.74, 6) is -0.137. The summed E-state index contributed by atoms with van der Waals surface area (Å²) in [6, 6.07) is 1.11. The highest BCUT2D eigenvalue weighted by atomic mass is 16.5. The standard InChI is InChI=1S/C16H33N3O2/c1-7-17-16(5,15(20)21-8-2)9-10-19-11-13(3)18(6)14(4)12-19/h13-14,17H,7-12H2,1-6H3. The molecule has 1 heterocycles. The summed E-state index contributed by atoms with van der Waals surface area (Å²) in [5, 5.41) is 3.30. The van der Waals surface area contributed by atoms with Crippen molar-refractivity contribution in [1.82, 2.24) is 15.1 Å². The second-order valence-electron chi connectivity index (χ2n) is 6.46. The smallest absolute Gasteiger partial charge is 0.326 e. The van der Waals surface area contributed by atoms with Gasteiger partial charge >= 0.3 is 5.97 Å². The Kier molecular flexibility index (Phi) is 7.10. The van der Waals surface area contributed by atoms with E-state index in [9.17, 15) is 4.79 Å². The molecule has 0 aliphatic carbocycles. The average Bonchev–Trinajstić information content (AvgIpc) is 2.43. The van der Waals surface area contributed by atoms with Gasteiger partial charge in [0.05, 0.1) is 6.61 Å². The highest BCUT2D eigenvalue weighted by molar-refractivity contribution is 5.80. The number of likely N-dealkylation sites (N-methyl/N-ethyl adjacent to an activating group) is 2. The number of ether oxygens (including phenoxy) is 1. The van der Waals surface area contributed by atoms with Crippen LogP contribution in [0.1, 0.15) is 41.0 Å². The molecule has 1 rings (SSSR count). The molecule has 3 atom stereocenters. The van der Waals surface area contributed by atoms with Crippen molar-refractivity contribution in [2.45, 2.75) is 58.7 Å². The van der Waals surface area contributed by atoms with Crippen LogP contribution >= 0.6 is 0 Å². The zero-order chi connectivity index (χ0) is 16.0. The molecule has 0 radical (unpaired) electrons. The van der Waals surface area contributed by atoms with Gasteiger partial charge in [0.25, 0.3) is 0 Å². The Bertz CT molecular complexity index is 325. The largest absolute Gasteiger partial charge is 0.465 e. The lowest BCUT2D eigenvalue weighted by Gasteiger charge is -2.43. The molecule has 0 spiro atoms. The molecule has 0 aromatic rings. The van der Waals surface area contributed by atoms with E-state index in [1.54, 1.807) is 0 Å². The minimum atomic E-state index is -0.583. The Morgan fingerprint density at radius 3 is 2.33 bits per heavy atom. The molecular weight excluding hydrogens is 266 g/mol. The van der Waals surface area contributed by atoms with Gasteiger partial charge in [0.15, 0.2) is 0 Å². The molecule has 1 fully saturated rings. The van der Waals surface area contributed by atoms with Gasteiger partial charge in [-0.25, -0.2) is 0 Å². The van der Waals surface area contributed by atoms with Gasteiger partial charge in [-0.1, -0.05) is 6.92 Å². The molecule has 5 heteroatoms. The average molecular weight is 299 g/mol. The van der Waals surface area contributed by atoms with E-state index < -0.39 is 5.54 Å². The van der Waals surface area contributed by atoms with E-state index in [4.69, 9.17) is 4.74 Å². The highest BCUT2D eigenvalue weighted by Gasteiger charge is 2.35. The van der Waals surface area contributed by atoms with Crippen molar-refractivity contribution in [3.8, 4) is 0 Å². The van der Waals surface area contributed by atoms with Crippen LogP contribution in [0, 0.1) is 0 Å². The summed E-state index contributed by atoms with van der Waals surface area (Å²) in [6.45, 7) is 14.6. The van der Waals surface area contributed by atoms with E-state index >= 15 is 0 Å². The third kappa shape index (κ3) is 4.94. The predicted molar refractivity (Wildman–Crippen MR) is 86.5 cm³/mol. The lowest BCUT2D eigenvalue weighted by Crippen LogP contribution is -2.57. The first-order valence-corrected chi connectivity index (χ1v) is 8.20. The molecule has 3 unspecified atom stereocenters. The minimum Gasteiger partial charge on any atom is -0.465 e. The first-order valence-electron chi connectivity index (χ1n) is 8.20. The zero-order valence-electron chi connectivity index (χ0n) is 14.6. The number of hydrogen-bond acceptors (Lipinski definition) is 5. The lowest BCUT2D eigenvalue weighted by molar-refractivity contribution is -0.151. The summed E-state index contributed by atoms with van der Waals surface area (Å²) in [4.78, 5) is 17.1. The molecule has 0 aromatic heterocycles. The third-order valence-corrected chi connectivity index (χ3v) is 4.66.